The van der Waals surface area contributed by atoms with Gasteiger partial charge in [0.2, 0.25) is 0 Å². The molecule has 2 aromatic carbocycles. The fourth-order valence-electron chi connectivity index (χ4n) is 5.49. The molecule has 2 aliphatic rings. The molecule has 4 rings (SSSR count). The van der Waals surface area contributed by atoms with Crippen LogP contribution in [0.15, 0.2) is 61.2 Å². The number of halogens is 1. The SMILES string of the molecule is C=CCCC1CCC2CC(c3ccc(-c4ccc(F)cc4)cc3)CCC2C1. The molecule has 2 aromatic rings. The van der Waals surface area contributed by atoms with Gasteiger partial charge in [0.05, 0.1) is 0 Å². The summed E-state index contributed by atoms with van der Waals surface area (Å²) in [5, 5.41) is 0. The second-order valence-electron chi connectivity index (χ2n) is 8.70. The Bertz CT molecular complexity index is 743. The molecule has 0 amide bonds. The largest absolute Gasteiger partial charge is 0.207 e. The highest BCUT2D eigenvalue weighted by Crippen LogP contribution is 2.48. The Hall–Kier alpha value is -1.89. The number of hydrogen-bond acceptors (Lipinski definition) is 0. The van der Waals surface area contributed by atoms with Crippen LogP contribution in [-0.4, -0.2) is 0 Å². The second-order valence-corrected chi connectivity index (χ2v) is 8.70. The molecular weight excluding hydrogens is 331 g/mol. The first kappa shape index (κ1) is 18.5. The van der Waals surface area contributed by atoms with Crippen molar-refractivity contribution in [2.75, 3.05) is 0 Å². The van der Waals surface area contributed by atoms with Crippen molar-refractivity contribution in [3.05, 3.63) is 72.6 Å². The fourth-order valence-corrected chi connectivity index (χ4v) is 5.49. The predicted octanol–water partition coefficient (Wildman–Crippen LogP) is 7.76. The van der Waals surface area contributed by atoms with Gasteiger partial charge in [0, 0.05) is 0 Å². The Kier molecular flexibility index (Phi) is 5.76. The van der Waals surface area contributed by atoms with E-state index < -0.39 is 0 Å². The summed E-state index contributed by atoms with van der Waals surface area (Å²) in [7, 11) is 0. The number of fused-ring (bicyclic) bond motifs is 1. The Morgan fingerprint density at radius 3 is 2.15 bits per heavy atom. The summed E-state index contributed by atoms with van der Waals surface area (Å²) < 4.78 is 13.1. The van der Waals surface area contributed by atoms with E-state index in [-0.39, 0.29) is 5.82 Å². The molecular formula is C26H31F. The zero-order valence-corrected chi connectivity index (χ0v) is 16.2. The maximum atomic E-state index is 13.1. The summed E-state index contributed by atoms with van der Waals surface area (Å²) in [4.78, 5) is 0. The molecule has 4 atom stereocenters. The van der Waals surface area contributed by atoms with Gasteiger partial charge >= 0.3 is 0 Å². The van der Waals surface area contributed by atoms with E-state index in [0.717, 1.165) is 29.2 Å². The van der Waals surface area contributed by atoms with Crippen molar-refractivity contribution in [3.8, 4) is 11.1 Å². The van der Waals surface area contributed by atoms with Crippen molar-refractivity contribution in [1.29, 1.82) is 0 Å². The average Bonchev–Trinajstić information content (AvgIpc) is 2.72. The molecule has 2 aliphatic carbocycles. The third kappa shape index (κ3) is 4.34. The zero-order valence-electron chi connectivity index (χ0n) is 16.2. The molecule has 4 unspecified atom stereocenters. The summed E-state index contributed by atoms with van der Waals surface area (Å²) in [6, 6.07) is 15.8. The second kappa shape index (κ2) is 8.42. The molecule has 27 heavy (non-hydrogen) atoms. The minimum absolute atomic E-state index is 0.175. The van der Waals surface area contributed by atoms with Crippen molar-refractivity contribution >= 4 is 0 Å². The van der Waals surface area contributed by atoms with Crippen LogP contribution in [0.2, 0.25) is 0 Å². The van der Waals surface area contributed by atoms with Crippen LogP contribution in [0, 0.1) is 23.6 Å². The van der Waals surface area contributed by atoms with E-state index in [9.17, 15) is 4.39 Å². The third-order valence-electron chi connectivity index (χ3n) is 7.06. The predicted molar refractivity (Wildman–Crippen MR) is 112 cm³/mol. The highest BCUT2D eigenvalue weighted by Gasteiger charge is 2.35. The van der Waals surface area contributed by atoms with Crippen LogP contribution >= 0.6 is 0 Å². The number of rotatable bonds is 5. The molecule has 0 nitrogen and oxygen atoms in total. The van der Waals surface area contributed by atoms with Crippen LogP contribution in [0.4, 0.5) is 4.39 Å². The zero-order chi connectivity index (χ0) is 18.6. The number of benzene rings is 2. The van der Waals surface area contributed by atoms with Crippen molar-refractivity contribution in [3.63, 3.8) is 0 Å². The third-order valence-corrected chi connectivity index (χ3v) is 7.06. The molecule has 2 fully saturated rings. The Morgan fingerprint density at radius 1 is 0.815 bits per heavy atom. The molecule has 2 saturated carbocycles. The molecule has 0 bridgehead atoms. The van der Waals surface area contributed by atoms with Crippen LogP contribution in [0.5, 0.6) is 0 Å². The van der Waals surface area contributed by atoms with E-state index in [1.54, 1.807) is 0 Å². The fraction of sp³-hybridized carbons (Fsp3) is 0.462. The normalized spacial score (nSPS) is 27.7. The summed E-state index contributed by atoms with van der Waals surface area (Å²) in [5.41, 5.74) is 3.76. The highest BCUT2D eigenvalue weighted by molar-refractivity contribution is 5.63. The smallest absolute Gasteiger partial charge is 0.123 e. The van der Waals surface area contributed by atoms with E-state index in [2.05, 4.69) is 36.9 Å². The van der Waals surface area contributed by atoms with Gasteiger partial charge < -0.3 is 0 Å². The molecule has 0 radical (unpaired) electrons. The van der Waals surface area contributed by atoms with Gasteiger partial charge in [0.15, 0.2) is 0 Å². The maximum absolute atomic E-state index is 13.1. The molecule has 0 heterocycles. The van der Waals surface area contributed by atoms with Gasteiger partial charge in [0.1, 0.15) is 5.82 Å². The van der Waals surface area contributed by atoms with Gasteiger partial charge in [0.25, 0.3) is 0 Å². The standard InChI is InChI=1S/C26H31F/c1-2-3-4-19-5-6-25-18-24(12-11-23(25)17-19)22-9-7-20(8-10-22)21-13-15-26(27)16-14-21/h2,7-10,13-16,19,23-25H,1,3-6,11-12,17-18H2. The van der Waals surface area contributed by atoms with Gasteiger partial charge in [-0.2, -0.15) is 0 Å². The minimum atomic E-state index is -0.175. The average molecular weight is 363 g/mol. The van der Waals surface area contributed by atoms with Crippen LogP contribution in [0.3, 0.4) is 0 Å². The molecule has 0 spiro atoms. The molecule has 0 saturated heterocycles. The monoisotopic (exact) mass is 362 g/mol. The van der Waals surface area contributed by atoms with Crippen LogP contribution in [0.25, 0.3) is 11.1 Å². The quantitative estimate of drug-likeness (QED) is 0.477. The van der Waals surface area contributed by atoms with Gasteiger partial charge in [-0.15, -0.1) is 6.58 Å². The summed E-state index contributed by atoms with van der Waals surface area (Å²) >= 11 is 0. The van der Waals surface area contributed by atoms with E-state index in [1.165, 1.54) is 74.6 Å². The van der Waals surface area contributed by atoms with Crippen LogP contribution < -0.4 is 0 Å². The van der Waals surface area contributed by atoms with Crippen molar-refractivity contribution in [1.82, 2.24) is 0 Å². The first-order valence-electron chi connectivity index (χ1n) is 10.7. The number of hydrogen-bond donors (Lipinski definition) is 0. The Labute approximate surface area is 163 Å². The molecule has 0 aromatic heterocycles. The Balaban J connectivity index is 1.38. The lowest BCUT2D eigenvalue weighted by Crippen LogP contribution is -2.30. The summed E-state index contributed by atoms with van der Waals surface area (Å²) in [6.45, 7) is 3.88. The topological polar surface area (TPSA) is 0 Å². The summed E-state index contributed by atoms with van der Waals surface area (Å²) in [6.07, 6.45) is 13.0. The molecule has 1 heteroatoms. The van der Waals surface area contributed by atoms with Crippen molar-refractivity contribution in [2.24, 2.45) is 17.8 Å². The van der Waals surface area contributed by atoms with Crippen LogP contribution in [-0.2, 0) is 0 Å². The number of allylic oxidation sites excluding steroid dienone is 1. The van der Waals surface area contributed by atoms with E-state index >= 15 is 0 Å². The van der Waals surface area contributed by atoms with Gasteiger partial charge in [-0.05, 0) is 97.4 Å². The van der Waals surface area contributed by atoms with E-state index in [4.69, 9.17) is 0 Å². The Morgan fingerprint density at radius 2 is 1.44 bits per heavy atom. The summed E-state index contributed by atoms with van der Waals surface area (Å²) in [5.74, 6) is 3.38. The minimum Gasteiger partial charge on any atom is -0.207 e. The van der Waals surface area contributed by atoms with Gasteiger partial charge in [-0.3, -0.25) is 0 Å². The first-order chi connectivity index (χ1) is 13.2. The highest BCUT2D eigenvalue weighted by atomic mass is 19.1. The lowest BCUT2D eigenvalue weighted by molar-refractivity contribution is 0.115. The lowest BCUT2D eigenvalue weighted by atomic mass is 9.63. The first-order valence-corrected chi connectivity index (χ1v) is 10.7. The van der Waals surface area contributed by atoms with Gasteiger partial charge in [-0.25, -0.2) is 4.39 Å². The molecule has 0 aliphatic heterocycles. The molecule has 0 N–H and O–H groups in total. The lowest BCUT2D eigenvalue weighted by Gasteiger charge is -2.42. The van der Waals surface area contributed by atoms with Crippen molar-refractivity contribution in [2.45, 2.75) is 57.3 Å². The van der Waals surface area contributed by atoms with Crippen LogP contribution in [0.1, 0.15) is 62.8 Å². The van der Waals surface area contributed by atoms with Crippen molar-refractivity contribution < 1.29 is 4.39 Å². The van der Waals surface area contributed by atoms with E-state index in [1.807, 2.05) is 12.1 Å². The molecule has 142 valence electrons. The van der Waals surface area contributed by atoms with Gasteiger partial charge in [-0.1, -0.05) is 48.9 Å². The maximum Gasteiger partial charge on any atom is 0.123 e. The van der Waals surface area contributed by atoms with E-state index in [0.29, 0.717) is 0 Å².